The zero-order chi connectivity index (χ0) is 19.2. The van der Waals surface area contributed by atoms with Gasteiger partial charge in [0, 0.05) is 42.9 Å². The molecule has 0 unspecified atom stereocenters. The first-order valence-corrected chi connectivity index (χ1v) is 9.06. The van der Waals surface area contributed by atoms with Crippen molar-refractivity contribution in [3.63, 3.8) is 0 Å². The highest BCUT2D eigenvalue weighted by molar-refractivity contribution is 5.98. The second-order valence-corrected chi connectivity index (χ2v) is 6.68. The molecule has 0 spiro atoms. The molecule has 2 aromatic rings. The summed E-state index contributed by atoms with van der Waals surface area (Å²) < 4.78 is 0. The van der Waals surface area contributed by atoms with E-state index in [0.29, 0.717) is 37.3 Å². The van der Waals surface area contributed by atoms with Gasteiger partial charge in [-0.05, 0) is 37.1 Å². The molecule has 0 saturated carbocycles. The third-order valence-corrected chi connectivity index (χ3v) is 4.67. The Labute approximate surface area is 158 Å². The highest BCUT2D eigenvalue weighted by atomic mass is 16.2. The Bertz CT molecular complexity index is 810. The van der Waals surface area contributed by atoms with Crippen molar-refractivity contribution in [2.45, 2.75) is 19.8 Å². The summed E-state index contributed by atoms with van der Waals surface area (Å²) in [6, 6.07) is 16.1. The van der Waals surface area contributed by atoms with E-state index < -0.39 is 0 Å². The number of anilines is 2. The van der Waals surface area contributed by atoms with Gasteiger partial charge in [-0.2, -0.15) is 0 Å². The van der Waals surface area contributed by atoms with Crippen LogP contribution in [0.2, 0.25) is 0 Å². The minimum atomic E-state index is -0.173. The van der Waals surface area contributed by atoms with Crippen molar-refractivity contribution in [3.05, 3.63) is 60.2 Å². The molecule has 3 amide bonds. The molecule has 1 saturated heterocycles. The average molecular weight is 365 g/mol. The molecule has 1 aliphatic rings. The van der Waals surface area contributed by atoms with E-state index in [4.69, 9.17) is 0 Å². The van der Waals surface area contributed by atoms with Crippen LogP contribution in [-0.2, 0) is 4.79 Å². The van der Waals surface area contributed by atoms with E-state index >= 15 is 0 Å². The number of carbonyl (C=O) groups excluding carboxylic acids is 3. The molecule has 0 bridgehead atoms. The molecule has 0 radical (unpaired) electrons. The van der Waals surface area contributed by atoms with Crippen molar-refractivity contribution in [2.75, 3.05) is 23.7 Å². The van der Waals surface area contributed by atoms with Crippen molar-refractivity contribution in [1.82, 2.24) is 4.90 Å². The van der Waals surface area contributed by atoms with E-state index in [-0.39, 0.29) is 23.6 Å². The fourth-order valence-corrected chi connectivity index (χ4v) is 3.23. The first-order chi connectivity index (χ1) is 13.0. The molecule has 3 rings (SSSR count). The Kier molecular flexibility index (Phi) is 5.86. The maximum atomic E-state index is 12.5. The largest absolute Gasteiger partial charge is 0.326 e. The van der Waals surface area contributed by atoms with Gasteiger partial charge in [0.15, 0.2) is 5.78 Å². The number of nitrogens with one attached hydrogen (secondary N) is 2. The van der Waals surface area contributed by atoms with E-state index in [0.717, 1.165) is 5.56 Å². The van der Waals surface area contributed by atoms with Crippen molar-refractivity contribution < 1.29 is 14.4 Å². The van der Waals surface area contributed by atoms with Gasteiger partial charge in [0.1, 0.15) is 0 Å². The Hall–Kier alpha value is -3.15. The van der Waals surface area contributed by atoms with Crippen LogP contribution in [0.4, 0.5) is 16.2 Å². The first kappa shape index (κ1) is 18.6. The topological polar surface area (TPSA) is 78.5 Å². The number of Topliss-reactive ketones (excluding diaryl/α,β-unsaturated/α-hetero) is 1. The summed E-state index contributed by atoms with van der Waals surface area (Å²) in [6.07, 6.45) is 1.34. The summed E-state index contributed by atoms with van der Waals surface area (Å²) in [5, 5.41) is 5.54. The van der Waals surface area contributed by atoms with Gasteiger partial charge in [0.2, 0.25) is 5.91 Å². The number of hydrogen-bond acceptors (Lipinski definition) is 3. The molecule has 0 aromatic heterocycles. The molecule has 2 N–H and O–H groups in total. The zero-order valence-corrected chi connectivity index (χ0v) is 15.3. The summed E-state index contributed by atoms with van der Waals surface area (Å²) in [5.74, 6) is -0.0164. The van der Waals surface area contributed by atoms with Gasteiger partial charge in [0.25, 0.3) is 0 Å². The van der Waals surface area contributed by atoms with Crippen LogP contribution >= 0.6 is 0 Å². The highest BCUT2D eigenvalue weighted by Gasteiger charge is 2.27. The van der Waals surface area contributed by atoms with Gasteiger partial charge in [-0.25, -0.2) is 4.79 Å². The van der Waals surface area contributed by atoms with Crippen LogP contribution in [-0.4, -0.2) is 35.7 Å². The third-order valence-electron chi connectivity index (χ3n) is 4.67. The molecule has 6 nitrogen and oxygen atoms in total. The summed E-state index contributed by atoms with van der Waals surface area (Å²) in [5.41, 5.74) is 2.08. The number of urea groups is 1. The number of nitrogens with zero attached hydrogens (tertiary/aromatic N) is 1. The summed E-state index contributed by atoms with van der Waals surface area (Å²) in [7, 11) is 0. The van der Waals surface area contributed by atoms with E-state index in [1.807, 2.05) is 30.3 Å². The van der Waals surface area contributed by atoms with Crippen LogP contribution in [0.15, 0.2) is 54.6 Å². The molecule has 140 valence electrons. The lowest BCUT2D eigenvalue weighted by atomic mass is 9.89. The van der Waals surface area contributed by atoms with Gasteiger partial charge >= 0.3 is 6.03 Å². The molecular formula is C21H23N3O3. The molecule has 6 heteroatoms. The maximum absolute atomic E-state index is 12.5. The van der Waals surface area contributed by atoms with Gasteiger partial charge in [-0.15, -0.1) is 0 Å². The fraction of sp³-hybridized carbons (Fsp3) is 0.286. The lowest BCUT2D eigenvalue weighted by molar-refractivity contribution is -0.114. The smallest absolute Gasteiger partial charge is 0.321 e. The lowest BCUT2D eigenvalue weighted by Gasteiger charge is -2.31. The van der Waals surface area contributed by atoms with Crippen molar-refractivity contribution in [3.8, 4) is 0 Å². The van der Waals surface area contributed by atoms with E-state index in [9.17, 15) is 14.4 Å². The summed E-state index contributed by atoms with van der Waals surface area (Å²) in [6.45, 7) is 2.56. The van der Waals surface area contributed by atoms with E-state index in [1.54, 1.807) is 29.2 Å². The van der Waals surface area contributed by atoms with Gasteiger partial charge in [0.05, 0.1) is 0 Å². The van der Waals surface area contributed by atoms with Crippen LogP contribution in [0, 0.1) is 5.92 Å². The number of hydrogen-bond donors (Lipinski definition) is 2. The molecule has 1 aliphatic heterocycles. The summed E-state index contributed by atoms with van der Waals surface area (Å²) in [4.78, 5) is 37.7. The number of benzene rings is 2. The number of likely N-dealkylation sites (tertiary alicyclic amines) is 1. The maximum Gasteiger partial charge on any atom is 0.321 e. The molecule has 0 atom stereocenters. The average Bonchev–Trinajstić information content (AvgIpc) is 2.69. The van der Waals surface area contributed by atoms with Crippen LogP contribution in [0.1, 0.15) is 30.1 Å². The molecule has 27 heavy (non-hydrogen) atoms. The summed E-state index contributed by atoms with van der Waals surface area (Å²) >= 11 is 0. The predicted molar refractivity (Wildman–Crippen MR) is 105 cm³/mol. The monoisotopic (exact) mass is 365 g/mol. The van der Waals surface area contributed by atoms with Crippen LogP contribution in [0.3, 0.4) is 0 Å². The number of piperidine rings is 1. The minimum Gasteiger partial charge on any atom is -0.326 e. The van der Waals surface area contributed by atoms with E-state index in [2.05, 4.69) is 10.6 Å². The number of amides is 3. The van der Waals surface area contributed by atoms with Crippen molar-refractivity contribution in [1.29, 1.82) is 0 Å². The zero-order valence-electron chi connectivity index (χ0n) is 15.3. The Morgan fingerprint density at radius 2 is 1.41 bits per heavy atom. The SMILES string of the molecule is CC(=O)Nc1ccc(NC(=O)N2CCC(C(=O)c3ccccc3)CC2)cc1. The molecule has 1 fully saturated rings. The third kappa shape index (κ3) is 4.94. The van der Waals surface area contributed by atoms with Gasteiger partial charge < -0.3 is 15.5 Å². The highest BCUT2D eigenvalue weighted by Crippen LogP contribution is 2.22. The Balaban J connectivity index is 1.51. The predicted octanol–water partition coefficient (Wildman–Crippen LogP) is 3.77. The Morgan fingerprint density at radius 1 is 0.852 bits per heavy atom. The second-order valence-electron chi connectivity index (χ2n) is 6.68. The number of rotatable bonds is 4. The number of ketones is 1. The quantitative estimate of drug-likeness (QED) is 0.810. The molecule has 0 aliphatic carbocycles. The van der Waals surface area contributed by atoms with E-state index in [1.165, 1.54) is 6.92 Å². The van der Waals surface area contributed by atoms with Crippen LogP contribution in [0.5, 0.6) is 0 Å². The first-order valence-electron chi connectivity index (χ1n) is 9.06. The number of carbonyl (C=O) groups is 3. The molecule has 1 heterocycles. The second kappa shape index (κ2) is 8.49. The van der Waals surface area contributed by atoms with Crippen LogP contribution in [0.25, 0.3) is 0 Å². The van der Waals surface area contributed by atoms with Crippen molar-refractivity contribution >= 4 is 29.1 Å². The minimum absolute atomic E-state index is 0.0339. The normalized spacial score (nSPS) is 14.5. The Morgan fingerprint density at radius 3 is 1.96 bits per heavy atom. The lowest BCUT2D eigenvalue weighted by Crippen LogP contribution is -2.42. The molecular weight excluding hydrogens is 342 g/mol. The fourth-order valence-electron chi connectivity index (χ4n) is 3.23. The standard InChI is InChI=1S/C21H23N3O3/c1-15(25)22-18-7-9-19(10-8-18)23-21(27)24-13-11-17(12-14-24)20(26)16-5-3-2-4-6-16/h2-10,17H,11-14H2,1H3,(H,22,25)(H,23,27). The van der Waals surface area contributed by atoms with Crippen LogP contribution < -0.4 is 10.6 Å². The van der Waals surface area contributed by atoms with Gasteiger partial charge in [-0.1, -0.05) is 30.3 Å². The van der Waals surface area contributed by atoms with Gasteiger partial charge in [-0.3, -0.25) is 9.59 Å². The molecule has 2 aromatic carbocycles. The van der Waals surface area contributed by atoms with Crippen molar-refractivity contribution in [2.24, 2.45) is 5.92 Å².